The smallest absolute Gasteiger partial charge is 0.419 e. The Labute approximate surface area is 106 Å². The van der Waals surface area contributed by atoms with Gasteiger partial charge in [0.1, 0.15) is 5.75 Å². The fraction of sp³-hybridized carbons (Fsp3) is 0.273. The molecular formula is C11H10F3N3O2. The minimum absolute atomic E-state index is 0.186. The van der Waals surface area contributed by atoms with Crippen LogP contribution in [0.2, 0.25) is 0 Å². The van der Waals surface area contributed by atoms with E-state index in [2.05, 4.69) is 14.9 Å². The van der Waals surface area contributed by atoms with Gasteiger partial charge in [-0.25, -0.2) is 0 Å². The lowest BCUT2D eigenvalue weighted by molar-refractivity contribution is -0.274. The molecule has 1 aromatic heterocycles. The van der Waals surface area contributed by atoms with Gasteiger partial charge in [-0.2, -0.15) is 0 Å². The van der Waals surface area contributed by atoms with E-state index in [0.29, 0.717) is 5.56 Å². The van der Waals surface area contributed by atoms with Crippen molar-refractivity contribution in [1.29, 1.82) is 0 Å². The molecule has 2 N–H and O–H groups in total. The second kappa shape index (κ2) is 4.88. The standard InChI is InChI=1S/C11H10F3N3O2/c1-6(15)9-16-17-10(18-9)7-2-4-8(5-3-7)19-11(12,13)14/h2-6H,15H2,1H3. The molecule has 2 rings (SSSR count). The molecule has 19 heavy (non-hydrogen) atoms. The molecule has 1 heterocycles. The Balaban J connectivity index is 2.17. The van der Waals surface area contributed by atoms with Gasteiger partial charge in [-0.05, 0) is 31.2 Å². The first-order valence-electron chi connectivity index (χ1n) is 5.30. The topological polar surface area (TPSA) is 74.2 Å². The quantitative estimate of drug-likeness (QED) is 0.930. The summed E-state index contributed by atoms with van der Waals surface area (Å²) in [6, 6.07) is 4.70. The first kappa shape index (κ1) is 13.3. The summed E-state index contributed by atoms with van der Waals surface area (Å²) in [5.74, 6) is 0.125. The zero-order chi connectivity index (χ0) is 14.0. The van der Waals surface area contributed by atoms with Crippen LogP contribution in [0.1, 0.15) is 18.9 Å². The maximum absolute atomic E-state index is 12.0. The summed E-state index contributed by atoms with van der Waals surface area (Å²) in [6.07, 6.45) is -4.71. The number of halogens is 3. The van der Waals surface area contributed by atoms with Crippen LogP contribution in [0, 0.1) is 0 Å². The fourth-order valence-corrected chi connectivity index (χ4v) is 1.33. The zero-order valence-electron chi connectivity index (χ0n) is 9.81. The number of aromatic nitrogens is 2. The first-order valence-corrected chi connectivity index (χ1v) is 5.30. The van der Waals surface area contributed by atoms with Gasteiger partial charge in [-0.1, -0.05) is 0 Å². The molecular weight excluding hydrogens is 263 g/mol. The van der Waals surface area contributed by atoms with Crippen LogP contribution in [0.4, 0.5) is 13.2 Å². The van der Waals surface area contributed by atoms with Gasteiger partial charge in [-0.3, -0.25) is 0 Å². The van der Waals surface area contributed by atoms with Crippen LogP contribution in [0.25, 0.3) is 11.5 Å². The molecule has 0 saturated carbocycles. The molecule has 2 aromatic rings. The predicted molar refractivity (Wildman–Crippen MR) is 59.0 cm³/mol. The number of hydrogen-bond donors (Lipinski definition) is 1. The third-order valence-electron chi connectivity index (χ3n) is 2.17. The van der Waals surface area contributed by atoms with E-state index in [0.717, 1.165) is 0 Å². The van der Waals surface area contributed by atoms with Crippen molar-refractivity contribution in [1.82, 2.24) is 10.2 Å². The van der Waals surface area contributed by atoms with Crippen molar-refractivity contribution in [3.05, 3.63) is 30.2 Å². The van der Waals surface area contributed by atoms with Crippen LogP contribution in [0.3, 0.4) is 0 Å². The van der Waals surface area contributed by atoms with E-state index in [4.69, 9.17) is 10.2 Å². The van der Waals surface area contributed by atoms with E-state index in [-0.39, 0.29) is 17.5 Å². The highest BCUT2D eigenvalue weighted by Crippen LogP contribution is 2.26. The molecule has 8 heteroatoms. The Morgan fingerprint density at radius 3 is 2.32 bits per heavy atom. The molecule has 1 atom stereocenters. The lowest BCUT2D eigenvalue weighted by Crippen LogP contribution is -2.16. The van der Waals surface area contributed by atoms with Crippen molar-refractivity contribution in [3.63, 3.8) is 0 Å². The molecule has 5 nitrogen and oxygen atoms in total. The van der Waals surface area contributed by atoms with Gasteiger partial charge in [0.05, 0.1) is 6.04 Å². The van der Waals surface area contributed by atoms with E-state index >= 15 is 0 Å². The van der Waals surface area contributed by atoms with Gasteiger partial charge in [0.25, 0.3) is 0 Å². The highest BCUT2D eigenvalue weighted by Gasteiger charge is 2.31. The molecule has 0 amide bonds. The normalized spacial score (nSPS) is 13.3. The van der Waals surface area contributed by atoms with Crippen LogP contribution in [-0.2, 0) is 0 Å². The van der Waals surface area contributed by atoms with Gasteiger partial charge in [-0.15, -0.1) is 23.4 Å². The van der Waals surface area contributed by atoms with Crippen molar-refractivity contribution in [2.75, 3.05) is 0 Å². The number of alkyl halides is 3. The van der Waals surface area contributed by atoms with Crippen LogP contribution >= 0.6 is 0 Å². The van der Waals surface area contributed by atoms with Gasteiger partial charge >= 0.3 is 6.36 Å². The molecule has 0 radical (unpaired) electrons. The summed E-state index contributed by atoms with van der Waals surface area (Å²) in [6.45, 7) is 1.68. The van der Waals surface area contributed by atoms with E-state index in [1.807, 2.05) is 0 Å². The molecule has 0 spiro atoms. The average Bonchev–Trinajstić information content (AvgIpc) is 2.77. The Hall–Kier alpha value is -2.09. The van der Waals surface area contributed by atoms with Gasteiger partial charge in [0, 0.05) is 5.56 Å². The number of ether oxygens (including phenoxy) is 1. The third kappa shape index (κ3) is 3.44. The first-order chi connectivity index (χ1) is 8.85. The van der Waals surface area contributed by atoms with Gasteiger partial charge in [0.15, 0.2) is 0 Å². The summed E-state index contributed by atoms with van der Waals surface area (Å²) < 4.78 is 45.0. The van der Waals surface area contributed by atoms with E-state index < -0.39 is 12.4 Å². The Bertz CT molecular complexity index is 549. The number of nitrogens with two attached hydrogens (primary N) is 1. The highest BCUT2D eigenvalue weighted by molar-refractivity contribution is 5.54. The molecule has 1 unspecified atom stereocenters. The summed E-state index contributed by atoms with van der Waals surface area (Å²) in [4.78, 5) is 0. The minimum Gasteiger partial charge on any atom is -0.419 e. The Morgan fingerprint density at radius 1 is 1.21 bits per heavy atom. The second-order valence-electron chi connectivity index (χ2n) is 3.81. The summed E-state index contributed by atoms with van der Waals surface area (Å²) in [5.41, 5.74) is 6.04. The number of rotatable bonds is 3. The van der Waals surface area contributed by atoms with Crippen LogP contribution in [0.15, 0.2) is 28.7 Å². The fourth-order valence-electron chi connectivity index (χ4n) is 1.33. The van der Waals surface area contributed by atoms with Crippen LogP contribution in [0.5, 0.6) is 5.75 Å². The maximum atomic E-state index is 12.0. The van der Waals surface area contributed by atoms with Crippen molar-refractivity contribution in [3.8, 4) is 17.2 Å². The van der Waals surface area contributed by atoms with Crippen molar-refractivity contribution < 1.29 is 22.3 Å². The van der Waals surface area contributed by atoms with Crippen LogP contribution < -0.4 is 10.5 Å². The summed E-state index contributed by atoms with van der Waals surface area (Å²) in [5, 5.41) is 7.47. The zero-order valence-corrected chi connectivity index (χ0v) is 9.81. The average molecular weight is 273 g/mol. The number of nitrogens with zero attached hydrogens (tertiary/aromatic N) is 2. The van der Waals surface area contributed by atoms with Crippen molar-refractivity contribution >= 4 is 0 Å². The summed E-state index contributed by atoms with van der Waals surface area (Å²) in [7, 11) is 0. The van der Waals surface area contributed by atoms with Crippen LogP contribution in [-0.4, -0.2) is 16.6 Å². The summed E-state index contributed by atoms with van der Waals surface area (Å²) >= 11 is 0. The largest absolute Gasteiger partial charge is 0.573 e. The minimum atomic E-state index is -4.71. The lowest BCUT2D eigenvalue weighted by atomic mass is 10.2. The van der Waals surface area contributed by atoms with Gasteiger partial charge < -0.3 is 14.9 Å². The Kier molecular flexibility index (Phi) is 3.43. The SMILES string of the molecule is CC(N)c1nnc(-c2ccc(OC(F)(F)F)cc2)o1. The highest BCUT2D eigenvalue weighted by atomic mass is 19.4. The number of benzene rings is 1. The van der Waals surface area contributed by atoms with Crippen molar-refractivity contribution in [2.24, 2.45) is 5.73 Å². The van der Waals surface area contributed by atoms with E-state index in [1.165, 1.54) is 24.3 Å². The predicted octanol–water partition coefficient (Wildman–Crippen LogP) is 2.65. The Morgan fingerprint density at radius 2 is 1.84 bits per heavy atom. The molecule has 0 aliphatic carbocycles. The number of hydrogen-bond acceptors (Lipinski definition) is 5. The van der Waals surface area contributed by atoms with Crippen molar-refractivity contribution in [2.45, 2.75) is 19.3 Å². The molecule has 0 aliphatic heterocycles. The van der Waals surface area contributed by atoms with Gasteiger partial charge in [0.2, 0.25) is 11.8 Å². The molecule has 0 aliphatic rings. The van der Waals surface area contributed by atoms with E-state index in [1.54, 1.807) is 6.92 Å². The molecule has 0 saturated heterocycles. The molecule has 102 valence electrons. The molecule has 0 fully saturated rings. The second-order valence-corrected chi connectivity index (χ2v) is 3.81. The van der Waals surface area contributed by atoms with E-state index in [9.17, 15) is 13.2 Å². The monoisotopic (exact) mass is 273 g/mol. The maximum Gasteiger partial charge on any atom is 0.573 e. The molecule has 0 bridgehead atoms. The molecule has 1 aromatic carbocycles. The third-order valence-corrected chi connectivity index (χ3v) is 2.17. The lowest BCUT2D eigenvalue weighted by Gasteiger charge is -2.08.